The van der Waals surface area contributed by atoms with Crippen molar-refractivity contribution in [1.29, 1.82) is 0 Å². The Balaban J connectivity index is 2.28. The second kappa shape index (κ2) is 4.85. The third-order valence-electron chi connectivity index (χ3n) is 2.16. The molecule has 16 heavy (non-hydrogen) atoms. The lowest BCUT2D eigenvalue weighted by Crippen LogP contribution is -1.92. The summed E-state index contributed by atoms with van der Waals surface area (Å²) in [5, 5.41) is 6.15. The molecule has 2 nitrogen and oxygen atoms in total. The van der Waals surface area contributed by atoms with Gasteiger partial charge < -0.3 is 5.32 Å². The quantitative estimate of drug-likeness (QED) is 0.811. The number of rotatable bonds is 2. The fourth-order valence-corrected chi connectivity index (χ4v) is 2.85. The molecule has 0 spiro atoms. The van der Waals surface area contributed by atoms with Crippen LogP contribution in [0.4, 0.5) is 10.8 Å². The van der Waals surface area contributed by atoms with Crippen molar-refractivity contribution in [3.05, 3.63) is 37.7 Å². The van der Waals surface area contributed by atoms with Gasteiger partial charge in [-0.2, -0.15) is 0 Å². The molecule has 84 valence electrons. The first-order valence-corrected chi connectivity index (χ1v) is 7.17. The van der Waals surface area contributed by atoms with Crippen molar-refractivity contribution in [2.75, 3.05) is 5.32 Å². The Hall–Kier alpha value is -0.390. The van der Waals surface area contributed by atoms with Gasteiger partial charge in [0.1, 0.15) is 4.60 Å². The van der Waals surface area contributed by atoms with Crippen molar-refractivity contribution in [2.45, 2.75) is 13.8 Å². The van der Waals surface area contributed by atoms with Crippen LogP contribution in [0.5, 0.6) is 0 Å². The van der Waals surface area contributed by atoms with Crippen LogP contribution in [0.25, 0.3) is 0 Å². The van der Waals surface area contributed by atoms with Crippen LogP contribution in [-0.4, -0.2) is 4.98 Å². The van der Waals surface area contributed by atoms with Crippen molar-refractivity contribution in [2.24, 2.45) is 0 Å². The SMILES string of the molecule is Cc1cc(Nc2nc(Br)cs2)cc(C)c1Br. The van der Waals surface area contributed by atoms with Crippen molar-refractivity contribution in [3.63, 3.8) is 0 Å². The average Bonchev–Trinajstić information content (AvgIpc) is 2.60. The number of benzene rings is 1. The van der Waals surface area contributed by atoms with Crippen LogP contribution < -0.4 is 5.32 Å². The van der Waals surface area contributed by atoms with E-state index in [1.54, 1.807) is 11.3 Å². The maximum atomic E-state index is 4.30. The summed E-state index contributed by atoms with van der Waals surface area (Å²) in [6.45, 7) is 4.17. The van der Waals surface area contributed by atoms with Gasteiger partial charge in [-0.05, 0) is 53.0 Å². The highest BCUT2D eigenvalue weighted by Gasteiger charge is 2.04. The highest BCUT2D eigenvalue weighted by atomic mass is 79.9. The molecule has 0 bridgehead atoms. The lowest BCUT2D eigenvalue weighted by Gasteiger charge is -2.08. The predicted octanol–water partition coefficient (Wildman–Crippen LogP) is 5.03. The molecule has 0 unspecified atom stereocenters. The number of aryl methyl sites for hydroxylation is 2. The van der Waals surface area contributed by atoms with E-state index in [4.69, 9.17) is 0 Å². The molecule has 0 saturated carbocycles. The van der Waals surface area contributed by atoms with Gasteiger partial charge >= 0.3 is 0 Å². The van der Waals surface area contributed by atoms with Crippen LogP contribution in [0.2, 0.25) is 0 Å². The van der Waals surface area contributed by atoms with Gasteiger partial charge in [-0.25, -0.2) is 4.98 Å². The zero-order valence-corrected chi connectivity index (χ0v) is 12.8. The Morgan fingerprint density at radius 3 is 2.31 bits per heavy atom. The van der Waals surface area contributed by atoms with Crippen LogP contribution in [0.15, 0.2) is 26.6 Å². The summed E-state index contributed by atoms with van der Waals surface area (Å²) >= 11 is 8.47. The Bertz CT molecular complexity index is 499. The molecular weight excluding hydrogens is 352 g/mol. The number of nitrogens with one attached hydrogen (secondary N) is 1. The van der Waals surface area contributed by atoms with E-state index < -0.39 is 0 Å². The Morgan fingerprint density at radius 2 is 1.81 bits per heavy atom. The number of thiazole rings is 1. The van der Waals surface area contributed by atoms with Gasteiger partial charge in [0.15, 0.2) is 5.13 Å². The molecule has 5 heteroatoms. The van der Waals surface area contributed by atoms with Gasteiger partial charge in [0.05, 0.1) is 0 Å². The summed E-state index contributed by atoms with van der Waals surface area (Å²) < 4.78 is 2.03. The molecule has 0 saturated heterocycles. The third kappa shape index (κ3) is 2.64. The molecule has 0 aliphatic rings. The normalized spacial score (nSPS) is 10.5. The Labute approximate surface area is 115 Å². The first-order valence-electron chi connectivity index (χ1n) is 4.71. The minimum Gasteiger partial charge on any atom is -0.332 e. The van der Waals surface area contributed by atoms with E-state index in [1.165, 1.54) is 15.6 Å². The molecule has 0 fully saturated rings. The lowest BCUT2D eigenvalue weighted by molar-refractivity contribution is 1.31. The molecule has 1 heterocycles. The average molecular weight is 362 g/mol. The molecule has 1 aromatic heterocycles. The standard InChI is InChI=1S/C11H10Br2N2S/c1-6-3-8(4-7(2)10(6)13)14-11-15-9(12)5-16-11/h3-5H,1-2H3,(H,14,15). The number of aromatic nitrogens is 1. The van der Waals surface area contributed by atoms with Gasteiger partial charge in [0, 0.05) is 15.5 Å². The minimum atomic E-state index is 0.866. The Morgan fingerprint density at radius 1 is 1.19 bits per heavy atom. The first kappa shape index (κ1) is 12.1. The highest BCUT2D eigenvalue weighted by molar-refractivity contribution is 9.10. The minimum absolute atomic E-state index is 0.866. The highest BCUT2D eigenvalue weighted by Crippen LogP contribution is 2.28. The number of halogens is 2. The van der Waals surface area contributed by atoms with Gasteiger partial charge in [-0.15, -0.1) is 11.3 Å². The zero-order chi connectivity index (χ0) is 11.7. The summed E-state index contributed by atoms with van der Waals surface area (Å²) in [5.74, 6) is 0. The monoisotopic (exact) mass is 360 g/mol. The number of nitrogens with zero attached hydrogens (tertiary/aromatic N) is 1. The van der Waals surface area contributed by atoms with Gasteiger partial charge in [0.25, 0.3) is 0 Å². The number of anilines is 2. The van der Waals surface area contributed by atoms with E-state index in [1.807, 2.05) is 5.38 Å². The van der Waals surface area contributed by atoms with Crippen molar-refractivity contribution in [3.8, 4) is 0 Å². The van der Waals surface area contributed by atoms with Crippen molar-refractivity contribution >= 4 is 54.0 Å². The molecule has 2 rings (SSSR count). The third-order valence-corrected chi connectivity index (χ3v) is 4.88. The molecule has 1 N–H and O–H groups in total. The van der Waals surface area contributed by atoms with Crippen molar-refractivity contribution < 1.29 is 0 Å². The lowest BCUT2D eigenvalue weighted by atomic mass is 10.1. The first-order chi connectivity index (χ1) is 7.56. The van der Waals surface area contributed by atoms with Gasteiger partial charge in [-0.1, -0.05) is 15.9 Å². The molecule has 1 aromatic carbocycles. The Kier molecular flexibility index (Phi) is 3.66. The summed E-state index contributed by atoms with van der Waals surface area (Å²) in [4.78, 5) is 4.30. The molecule has 0 aliphatic heterocycles. The molecule has 2 aromatic rings. The fraction of sp³-hybridized carbons (Fsp3) is 0.182. The van der Waals surface area contributed by atoms with Crippen LogP contribution in [0.3, 0.4) is 0 Å². The summed E-state index contributed by atoms with van der Waals surface area (Å²) in [6.07, 6.45) is 0. The largest absolute Gasteiger partial charge is 0.332 e. The topological polar surface area (TPSA) is 24.9 Å². The van der Waals surface area contributed by atoms with Crippen LogP contribution in [-0.2, 0) is 0 Å². The molecule has 0 amide bonds. The van der Waals surface area contributed by atoms with E-state index in [-0.39, 0.29) is 0 Å². The van der Waals surface area contributed by atoms with Gasteiger partial charge in [-0.3, -0.25) is 0 Å². The second-order valence-electron chi connectivity index (χ2n) is 3.52. The van der Waals surface area contributed by atoms with Crippen LogP contribution >= 0.6 is 43.2 Å². The number of hydrogen-bond acceptors (Lipinski definition) is 3. The molecular formula is C11H10Br2N2S. The second-order valence-corrected chi connectivity index (χ2v) is 5.99. The van der Waals surface area contributed by atoms with E-state index >= 15 is 0 Å². The van der Waals surface area contributed by atoms with E-state index in [0.717, 1.165) is 15.4 Å². The zero-order valence-electron chi connectivity index (χ0n) is 8.84. The van der Waals surface area contributed by atoms with Crippen LogP contribution in [0, 0.1) is 13.8 Å². The van der Waals surface area contributed by atoms with E-state index in [0.29, 0.717) is 0 Å². The van der Waals surface area contributed by atoms with Crippen molar-refractivity contribution in [1.82, 2.24) is 4.98 Å². The molecule has 0 radical (unpaired) electrons. The molecule has 0 atom stereocenters. The fourth-order valence-electron chi connectivity index (χ4n) is 1.45. The maximum Gasteiger partial charge on any atom is 0.188 e. The summed E-state index contributed by atoms with van der Waals surface area (Å²) in [5.41, 5.74) is 3.51. The summed E-state index contributed by atoms with van der Waals surface area (Å²) in [6, 6.07) is 4.21. The predicted molar refractivity (Wildman–Crippen MR) is 76.7 cm³/mol. The molecule has 0 aliphatic carbocycles. The van der Waals surface area contributed by atoms with Gasteiger partial charge in [0.2, 0.25) is 0 Å². The number of hydrogen-bond donors (Lipinski definition) is 1. The van der Waals surface area contributed by atoms with Crippen LogP contribution in [0.1, 0.15) is 11.1 Å². The van der Waals surface area contributed by atoms with E-state index in [9.17, 15) is 0 Å². The smallest absolute Gasteiger partial charge is 0.188 e. The maximum absolute atomic E-state index is 4.30. The summed E-state index contributed by atoms with van der Waals surface area (Å²) in [7, 11) is 0. The van der Waals surface area contributed by atoms with E-state index in [2.05, 4.69) is 68.1 Å².